The van der Waals surface area contributed by atoms with Crippen LogP contribution >= 0.6 is 0 Å². The first-order valence-corrected chi connectivity index (χ1v) is 12.4. The number of alkyl halides is 3. The summed E-state index contributed by atoms with van der Waals surface area (Å²) in [6.45, 7) is 14.3. The largest absolute Gasteiger partial charge is 0.490 e. The third kappa shape index (κ3) is 10.4. The molecule has 39 heavy (non-hydrogen) atoms. The number of aliphatic carboxylic acids is 1. The second-order valence-electron chi connectivity index (χ2n) is 10.1. The van der Waals surface area contributed by atoms with Crippen LogP contribution in [-0.4, -0.2) is 77.3 Å². The molecule has 2 heterocycles. The predicted octanol–water partition coefficient (Wildman–Crippen LogP) is 3.71. The number of rotatable bonds is 7. The Kier molecular flexibility index (Phi) is 11.0. The van der Waals surface area contributed by atoms with Crippen molar-refractivity contribution in [2.45, 2.75) is 40.3 Å². The van der Waals surface area contributed by atoms with Gasteiger partial charge >= 0.3 is 12.1 Å². The summed E-state index contributed by atoms with van der Waals surface area (Å²) in [6.07, 6.45) is -2.37. The number of nitrogens with zero attached hydrogens (tertiary/aromatic N) is 6. The van der Waals surface area contributed by atoms with Gasteiger partial charge in [0.1, 0.15) is 6.07 Å². The quantitative estimate of drug-likeness (QED) is 0.497. The van der Waals surface area contributed by atoms with Gasteiger partial charge in [-0.05, 0) is 42.6 Å². The predicted molar refractivity (Wildman–Crippen MR) is 140 cm³/mol. The highest BCUT2D eigenvalue weighted by molar-refractivity contribution is 5.95. The molecule has 0 radical (unpaired) electrons. The van der Waals surface area contributed by atoms with Crippen molar-refractivity contribution in [3.63, 3.8) is 0 Å². The van der Waals surface area contributed by atoms with Crippen molar-refractivity contribution >= 4 is 23.4 Å². The Balaban J connectivity index is 0.000000673. The van der Waals surface area contributed by atoms with E-state index in [0.29, 0.717) is 17.9 Å². The van der Waals surface area contributed by atoms with Crippen molar-refractivity contribution in [2.75, 3.05) is 49.2 Å². The number of aromatic nitrogens is 2. The van der Waals surface area contributed by atoms with Crippen LogP contribution in [0.1, 0.15) is 50.3 Å². The number of carboxylic acid groups (broad SMARTS) is 1. The fraction of sp³-hybridized carbons (Fsp3) is 0.500. The van der Waals surface area contributed by atoms with Crippen LogP contribution in [0.4, 0.5) is 24.7 Å². The minimum Gasteiger partial charge on any atom is -0.475 e. The molecular weight excluding hydrogens is 515 g/mol. The second kappa shape index (κ2) is 13.7. The lowest BCUT2D eigenvalue weighted by atomic mass is 9.97. The average Bonchev–Trinajstić information content (AvgIpc) is 2.88. The van der Waals surface area contributed by atoms with E-state index in [0.717, 1.165) is 38.4 Å². The van der Waals surface area contributed by atoms with Crippen molar-refractivity contribution in [1.82, 2.24) is 20.3 Å². The maximum absolute atomic E-state index is 13.0. The normalized spacial score (nSPS) is 14.1. The number of carbonyl (C=O) groups excluding carboxylic acids is 1. The topological polar surface area (TPSA) is 126 Å². The summed E-state index contributed by atoms with van der Waals surface area (Å²) in [4.78, 5) is 34.9. The number of carbonyl (C=O) groups is 2. The third-order valence-corrected chi connectivity index (χ3v) is 5.54. The Labute approximate surface area is 226 Å². The number of benzene rings is 1. The van der Waals surface area contributed by atoms with Crippen LogP contribution < -0.4 is 15.3 Å². The molecule has 1 aliphatic rings. The Morgan fingerprint density at radius 1 is 1.10 bits per heavy atom. The molecule has 0 saturated carbocycles. The van der Waals surface area contributed by atoms with Gasteiger partial charge in [-0.3, -0.25) is 20.1 Å². The van der Waals surface area contributed by atoms with Gasteiger partial charge in [0.25, 0.3) is 5.91 Å². The molecule has 0 atom stereocenters. The molecule has 2 N–H and O–H groups in total. The van der Waals surface area contributed by atoms with Gasteiger partial charge in [-0.2, -0.15) is 23.4 Å². The maximum atomic E-state index is 13.0. The number of anilines is 2. The first kappa shape index (κ1) is 31.3. The SMILES string of the molecule is CCCN1CCN(c2ccc(C(=O)NN(CC(C)(C)C)c3ccnc(C#N)n3)cc2)CC1.O=C(O)C(F)(F)F. The molecule has 0 aliphatic carbocycles. The van der Waals surface area contributed by atoms with Crippen molar-refractivity contribution in [1.29, 1.82) is 5.26 Å². The van der Waals surface area contributed by atoms with E-state index in [1.807, 2.05) is 30.3 Å². The zero-order valence-electron chi connectivity index (χ0n) is 22.5. The van der Waals surface area contributed by atoms with Gasteiger partial charge in [0.05, 0.1) is 0 Å². The molecule has 1 saturated heterocycles. The highest BCUT2D eigenvalue weighted by Gasteiger charge is 2.38. The molecule has 3 rings (SSSR count). The Bertz CT molecular complexity index is 1140. The van der Waals surface area contributed by atoms with E-state index in [-0.39, 0.29) is 17.1 Å². The fourth-order valence-corrected chi connectivity index (χ4v) is 3.76. The maximum Gasteiger partial charge on any atom is 0.490 e. The highest BCUT2D eigenvalue weighted by Crippen LogP contribution is 2.20. The lowest BCUT2D eigenvalue weighted by molar-refractivity contribution is -0.192. The van der Waals surface area contributed by atoms with E-state index in [4.69, 9.17) is 15.2 Å². The van der Waals surface area contributed by atoms with Crippen LogP contribution in [0.5, 0.6) is 0 Å². The van der Waals surface area contributed by atoms with E-state index in [2.05, 4.69) is 52.9 Å². The molecular formula is C26H34F3N7O3. The smallest absolute Gasteiger partial charge is 0.475 e. The van der Waals surface area contributed by atoms with Gasteiger partial charge in [-0.25, -0.2) is 9.78 Å². The molecule has 1 aliphatic heterocycles. The van der Waals surface area contributed by atoms with Crippen molar-refractivity contribution < 1.29 is 27.9 Å². The van der Waals surface area contributed by atoms with Crippen molar-refractivity contribution in [3.8, 4) is 6.07 Å². The third-order valence-electron chi connectivity index (χ3n) is 5.54. The molecule has 1 amide bonds. The minimum atomic E-state index is -5.08. The minimum absolute atomic E-state index is 0.0686. The van der Waals surface area contributed by atoms with Gasteiger partial charge in [0.15, 0.2) is 5.82 Å². The van der Waals surface area contributed by atoms with E-state index in [1.165, 1.54) is 12.6 Å². The number of halogens is 3. The second-order valence-corrected chi connectivity index (χ2v) is 10.1. The van der Waals surface area contributed by atoms with E-state index >= 15 is 0 Å². The standard InChI is InChI=1S/C24H33N7O.C2HF3O2/c1-5-12-29-13-15-30(16-14-29)20-8-6-19(7-9-20)23(32)28-31(18-24(2,3)4)22-10-11-26-21(17-25)27-22;3-2(4,5)1(6)7/h6-11H,5,12-16,18H2,1-4H3,(H,28,32);(H,6,7). The molecule has 0 bridgehead atoms. The Morgan fingerprint density at radius 2 is 1.69 bits per heavy atom. The molecule has 1 aromatic heterocycles. The Hall–Kier alpha value is -3.92. The van der Waals surface area contributed by atoms with Crippen LogP contribution in [0.25, 0.3) is 0 Å². The molecule has 0 spiro atoms. The number of hydrazine groups is 1. The molecule has 1 aromatic carbocycles. The highest BCUT2D eigenvalue weighted by atomic mass is 19.4. The first-order valence-electron chi connectivity index (χ1n) is 12.4. The fourth-order valence-electron chi connectivity index (χ4n) is 3.76. The van der Waals surface area contributed by atoms with Crippen LogP contribution in [0.3, 0.4) is 0 Å². The number of amides is 1. The molecule has 10 nitrogen and oxygen atoms in total. The van der Waals surface area contributed by atoms with Crippen molar-refractivity contribution in [2.24, 2.45) is 5.41 Å². The summed E-state index contributed by atoms with van der Waals surface area (Å²) in [6, 6.07) is 11.4. The summed E-state index contributed by atoms with van der Waals surface area (Å²) in [5.74, 6) is -2.42. The molecule has 1 fully saturated rings. The Morgan fingerprint density at radius 3 is 2.18 bits per heavy atom. The molecule has 212 valence electrons. The summed E-state index contributed by atoms with van der Waals surface area (Å²) in [5.41, 5.74) is 4.56. The zero-order valence-corrected chi connectivity index (χ0v) is 22.5. The van der Waals surface area contributed by atoms with Crippen LogP contribution in [0, 0.1) is 16.7 Å². The van der Waals surface area contributed by atoms with E-state index in [1.54, 1.807) is 11.1 Å². The first-order chi connectivity index (χ1) is 18.2. The summed E-state index contributed by atoms with van der Waals surface area (Å²) in [7, 11) is 0. The summed E-state index contributed by atoms with van der Waals surface area (Å²) >= 11 is 0. The van der Waals surface area contributed by atoms with Gasteiger partial charge in [0, 0.05) is 56.2 Å². The van der Waals surface area contributed by atoms with Crippen LogP contribution in [0.15, 0.2) is 36.5 Å². The molecule has 2 aromatic rings. The van der Waals surface area contributed by atoms with Gasteiger partial charge in [-0.15, -0.1) is 0 Å². The van der Waals surface area contributed by atoms with Gasteiger partial charge < -0.3 is 10.0 Å². The number of carboxylic acids is 1. The summed E-state index contributed by atoms with van der Waals surface area (Å²) in [5, 5.41) is 17.9. The number of hydrogen-bond donors (Lipinski definition) is 2. The average molecular weight is 550 g/mol. The molecule has 0 unspecified atom stereocenters. The zero-order chi connectivity index (χ0) is 29.2. The number of piperazine rings is 1. The van der Waals surface area contributed by atoms with Crippen molar-refractivity contribution in [3.05, 3.63) is 47.9 Å². The molecule has 13 heteroatoms. The number of nitriles is 1. The summed E-state index contributed by atoms with van der Waals surface area (Å²) < 4.78 is 31.7. The van der Waals surface area contributed by atoms with E-state index < -0.39 is 12.1 Å². The van der Waals surface area contributed by atoms with Crippen LogP contribution in [-0.2, 0) is 4.79 Å². The van der Waals surface area contributed by atoms with Gasteiger partial charge in [0.2, 0.25) is 5.82 Å². The monoisotopic (exact) mass is 549 g/mol. The van der Waals surface area contributed by atoms with E-state index in [9.17, 15) is 18.0 Å². The number of hydrogen-bond acceptors (Lipinski definition) is 8. The van der Waals surface area contributed by atoms with Gasteiger partial charge in [-0.1, -0.05) is 27.7 Å². The number of nitrogens with one attached hydrogen (secondary N) is 1. The van der Waals surface area contributed by atoms with Crippen LogP contribution in [0.2, 0.25) is 0 Å². The lowest BCUT2D eigenvalue weighted by Gasteiger charge is -2.36. The lowest BCUT2D eigenvalue weighted by Crippen LogP contribution is -2.47.